The molecule has 0 fully saturated rings. The number of ketones is 2. The van der Waals surface area contributed by atoms with Crippen LogP contribution in [0.4, 0.5) is 0 Å². The predicted octanol–water partition coefficient (Wildman–Crippen LogP) is 2.45. The second-order valence-corrected chi connectivity index (χ2v) is 3.11. The minimum atomic E-state index is -0.711. The number of hydrogen-bond acceptors (Lipinski definition) is 3. The Morgan fingerprint density at radius 1 is 1.00 bits per heavy atom. The van der Waals surface area contributed by atoms with E-state index >= 15 is 0 Å². The molecule has 0 rings (SSSR count). The summed E-state index contributed by atoms with van der Waals surface area (Å²) in [5, 5.41) is 7.91. The summed E-state index contributed by atoms with van der Waals surface area (Å²) < 4.78 is 0. The van der Waals surface area contributed by atoms with Crippen molar-refractivity contribution in [2.24, 2.45) is 0 Å². The molecule has 0 unspecified atom stereocenters. The van der Waals surface area contributed by atoms with Crippen molar-refractivity contribution in [1.29, 1.82) is 0 Å². The molecule has 1 N–H and O–H groups in total. The van der Waals surface area contributed by atoms with Gasteiger partial charge in [0.15, 0.2) is 0 Å². The number of hydrogen-bond donors (Lipinski definition) is 1. The Balaban J connectivity index is -0.000000147. The quantitative estimate of drug-likeness (QED) is 0.789. The molecule has 4 heteroatoms. The zero-order valence-corrected chi connectivity index (χ0v) is 10.3. The lowest BCUT2D eigenvalue weighted by Crippen LogP contribution is -1.90. The highest BCUT2D eigenvalue weighted by Gasteiger charge is 1.87. The van der Waals surface area contributed by atoms with Gasteiger partial charge in [0.25, 0.3) is 0 Å². The summed E-state index contributed by atoms with van der Waals surface area (Å²) >= 11 is 0. The molecule has 15 heavy (non-hydrogen) atoms. The van der Waals surface area contributed by atoms with E-state index in [4.69, 9.17) is 5.11 Å². The second kappa shape index (κ2) is 15.3. The summed E-state index contributed by atoms with van der Waals surface area (Å²) in [7, 11) is 0. The van der Waals surface area contributed by atoms with Crippen LogP contribution in [-0.2, 0) is 14.4 Å². The lowest BCUT2D eigenvalue weighted by Gasteiger charge is -1.79. The summed E-state index contributed by atoms with van der Waals surface area (Å²) in [5.41, 5.74) is 0. The fraction of sp³-hybridized carbons (Fsp3) is 0.727. The van der Waals surface area contributed by atoms with Gasteiger partial charge in [0.05, 0.1) is 0 Å². The Kier molecular flexibility index (Phi) is 19.8. The molecule has 0 aliphatic rings. The van der Waals surface area contributed by atoms with E-state index < -0.39 is 5.97 Å². The van der Waals surface area contributed by atoms with E-state index in [1.54, 1.807) is 6.92 Å². The Morgan fingerprint density at radius 2 is 1.27 bits per heavy atom. The molecule has 0 amide bonds. The van der Waals surface area contributed by atoms with E-state index in [-0.39, 0.29) is 11.6 Å². The van der Waals surface area contributed by atoms with Crippen LogP contribution in [0.1, 0.15) is 53.9 Å². The normalized spacial score (nSPS) is 7.53. The van der Waals surface area contributed by atoms with Crippen LogP contribution in [0.3, 0.4) is 0 Å². The van der Waals surface area contributed by atoms with Crippen molar-refractivity contribution < 1.29 is 19.5 Å². The molecule has 0 aromatic heterocycles. The molecule has 0 atom stereocenters. The van der Waals surface area contributed by atoms with E-state index in [2.05, 4.69) is 0 Å². The molecule has 4 nitrogen and oxygen atoms in total. The number of Topliss-reactive ketones (excluding diaryl/α,β-unsaturated/α-hetero) is 2. The van der Waals surface area contributed by atoms with Gasteiger partial charge in [-0.2, -0.15) is 0 Å². The number of carbonyl (C=O) groups excluding carboxylic acids is 2. The zero-order chi connectivity index (χ0) is 12.9. The molecular weight excluding hydrogens is 196 g/mol. The molecule has 0 aromatic carbocycles. The first-order valence-electron chi connectivity index (χ1n) is 4.96. The highest BCUT2D eigenvalue weighted by Crippen LogP contribution is 1.82. The van der Waals surface area contributed by atoms with Gasteiger partial charge in [0.1, 0.15) is 11.6 Å². The van der Waals surface area contributed by atoms with Gasteiger partial charge in [0.2, 0.25) is 0 Å². The number of carboxylic acids is 1. The van der Waals surface area contributed by atoms with Gasteiger partial charge in [-0.15, -0.1) is 0 Å². The first kappa shape index (κ1) is 19.4. The number of aliphatic carboxylic acids is 1. The van der Waals surface area contributed by atoms with E-state index in [0.717, 1.165) is 6.42 Å². The summed E-state index contributed by atoms with van der Waals surface area (Å²) in [5.74, 6) is -0.289. The highest BCUT2D eigenvalue weighted by molar-refractivity contribution is 5.74. The third-order valence-electron chi connectivity index (χ3n) is 0.962. The average molecular weight is 218 g/mol. The van der Waals surface area contributed by atoms with Crippen LogP contribution in [0.2, 0.25) is 0 Å². The van der Waals surface area contributed by atoms with Crippen LogP contribution in [0.25, 0.3) is 0 Å². The predicted molar refractivity (Wildman–Crippen MR) is 59.9 cm³/mol. The molecule has 0 saturated heterocycles. The van der Waals surface area contributed by atoms with Crippen molar-refractivity contribution in [2.75, 3.05) is 0 Å². The second-order valence-electron chi connectivity index (χ2n) is 3.11. The molecule has 0 spiro atoms. The van der Waals surface area contributed by atoms with Gasteiger partial charge in [-0.3, -0.25) is 4.79 Å². The molecule has 0 aliphatic carbocycles. The van der Waals surface area contributed by atoms with Crippen molar-refractivity contribution in [1.82, 2.24) is 0 Å². The Morgan fingerprint density at radius 3 is 1.27 bits per heavy atom. The summed E-state index contributed by atoms with van der Waals surface area (Å²) in [6.45, 7) is 8.33. The van der Waals surface area contributed by atoms with Gasteiger partial charge in [0, 0.05) is 12.8 Å². The molecular formula is C11H22O4. The summed E-state index contributed by atoms with van der Waals surface area (Å²) in [6.07, 6.45) is 1.69. The van der Waals surface area contributed by atoms with Gasteiger partial charge in [-0.1, -0.05) is 13.8 Å². The monoisotopic (exact) mass is 218 g/mol. The molecule has 0 heterocycles. The van der Waals surface area contributed by atoms with E-state index in [1.165, 1.54) is 13.8 Å². The first-order chi connectivity index (χ1) is 6.77. The maximum atomic E-state index is 9.81. The standard InChI is InChI=1S/C4H8O2.C4H8O.C3H6O/c1-2-3-4(5)6;1-3-4(2)5;1-3(2)4/h2-3H2,1H3,(H,5,6);3H2,1-2H3;1-2H3. The van der Waals surface area contributed by atoms with Crippen LogP contribution in [0, 0.1) is 0 Å². The number of rotatable bonds is 3. The van der Waals surface area contributed by atoms with Gasteiger partial charge in [-0.05, 0) is 27.2 Å². The average Bonchev–Trinajstić information content (AvgIpc) is 2.03. The third kappa shape index (κ3) is 103. The van der Waals surface area contributed by atoms with Crippen molar-refractivity contribution in [3.8, 4) is 0 Å². The molecule has 90 valence electrons. The minimum Gasteiger partial charge on any atom is -0.481 e. The summed E-state index contributed by atoms with van der Waals surface area (Å²) in [4.78, 5) is 28.9. The number of carbonyl (C=O) groups is 3. The SMILES string of the molecule is CC(C)=O.CCC(C)=O.CCCC(=O)O. The van der Waals surface area contributed by atoms with E-state index in [9.17, 15) is 14.4 Å². The molecule has 0 bridgehead atoms. The van der Waals surface area contributed by atoms with Crippen molar-refractivity contribution >= 4 is 17.5 Å². The molecule has 0 radical (unpaired) electrons. The van der Waals surface area contributed by atoms with Crippen LogP contribution in [0.5, 0.6) is 0 Å². The Bertz CT molecular complexity index is 181. The molecule has 0 aromatic rings. The largest absolute Gasteiger partial charge is 0.481 e. The highest BCUT2D eigenvalue weighted by atomic mass is 16.4. The van der Waals surface area contributed by atoms with Crippen molar-refractivity contribution in [3.05, 3.63) is 0 Å². The fourth-order valence-electron chi connectivity index (χ4n) is 0.214. The topological polar surface area (TPSA) is 71.4 Å². The zero-order valence-electron chi connectivity index (χ0n) is 10.3. The molecule has 0 saturated carbocycles. The third-order valence-corrected chi connectivity index (χ3v) is 0.962. The smallest absolute Gasteiger partial charge is 0.303 e. The van der Waals surface area contributed by atoms with Crippen LogP contribution in [0.15, 0.2) is 0 Å². The Hall–Kier alpha value is -1.19. The van der Waals surface area contributed by atoms with Crippen LogP contribution < -0.4 is 0 Å². The van der Waals surface area contributed by atoms with Gasteiger partial charge in [-0.25, -0.2) is 0 Å². The maximum Gasteiger partial charge on any atom is 0.303 e. The fourth-order valence-corrected chi connectivity index (χ4v) is 0.214. The van der Waals surface area contributed by atoms with Crippen LogP contribution >= 0.6 is 0 Å². The van der Waals surface area contributed by atoms with Gasteiger partial charge >= 0.3 is 5.97 Å². The summed E-state index contributed by atoms with van der Waals surface area (Å²) in [6, 6.07) is 0. The number of carboxylic acid groups (broad SMARTS) is 1. The minimum absolute atomic E-state index is 0.167. The maximum absolute atomic E-state index is 9.81. The van der Waals surface area contributed by atoms with E-state index in [1.807, 2.05) is 13.8 Å². The van der Waals surface area contributed by atoms with Crippen molar-refractivity contribution in [3.63, 3.8) is 0 Å². The first-order valence-corrected chi connectivity index (χ1v) is 4.96. The lowest BCUT2D eigenvalue weighted by atomic mass is 10.4. The Labute approximate surface area is 91.7 Å². The molecule has 0 aliphatic heterocycles. The van der Waals surface area contributed by atoms with Crippen molar-refractivity contribution in [2.45, 2.75) is 53.9 Å². The lowest BCUT2D eigenvalue weighted by molar-refractivity contribution is -0.137. The van der Waals surface area contributed by atoms with Gasteiger partial charge < -0.3 is 14.7 Å². The van der Waals surface area contributed by atoms with E-state index in [0.29, 0.717) is 12.8 Å². The van der Waals surface area contributed by atoms with Crippen LogP contribution in [-0.4, -0.2) is 22.6 Å².